The number of nitrogens with zero attached hydrogens (tertiary/aromatic N) is 1. The number of rotatable bonds is 15. The average Bonchev–Trinajstić information content (AvgIpc) is 2.94. The van der Waals surface area contributed by atoms with E-state index < -0.39 is 30.7 Å². The fourth-order valence-corrected chi connectivity index (χ4v) is 3.49. The molecule has 1 aromatic carbocycles. The first-order chi connectivity index (χ1) is 19.2. The minimum absolute atomic E-state index is 0. The van der Waals surface area contributed by atoms with Crippen LogP contribution < -0.4 is 14.8 Å². The fraction of sp³-hybridized carbons (Fsp3) is 0.533. The highest BCUT2D eigenvalue weighted by Crippen LogP contribution is 2.29. The Labute approximate surface area is 239 Å². The first-order valence-electron chi connectivity index (χ1n) is 13.6. The van der Waals surface area contributed by atoms with Gasteiger partial charge in [0, 0.05) is 33.6 Å². The number of pyridine rings is 1. The zero-order chi connectivity index (χ0) is 29.9. The maximum atomic E-state index is 12.9. The minimum Gasteiger partial charge on any atom is -0.493 e. The van der Waals surface area contributed by atoms with Crippen molar-refractivity contribution in [2.24, 2.45) is 0 Å². The van der Waals surface area contributed by atoms with Gasteiger partial charge in [-0.25, -0.2) is 9.78 Å². The summed E-state index contributed by atoms with van der Waals surface area (Å²) < 4.78 is 26.7. The summed E-state index contributed by atoms with van der Waals surface area (Å²) in [6.45, 7) is 11.2. The number of carbonyl (C=O) groups is 3. The summed E-state index contributed by atoms with van der Waals surface area (Å²) in [4.78, 5) is 40.6. The van der Waals surface area contributed by atoms with Gasteiger partial charge in [-0.3, -0.25) is 9.59 Å². The van der Waals surface area contributed by atoms with Crippen LogP contribution in [0, 0.1) is 6.92 Å². The number of benzene rings is 1. The van der Waals surface area contributed by atoms with Gasteiger partial charge in [-0.15, -0.1) is 0 Å². The lowest BCUT2D eigenvalue weighted by Crippen LogP contribution is -2.43. The molecule has 3 atom stereocenters. The molecule has 0 unspecified atom stereocenters. The number of nitrogens with one attached hydrogen (secondary N) is 1. The van der Waals surface area contributed by atoms with E-state index in [4.69, 9.17) is 23.7 Å². The smallest absolute Gasteiger partial charge is 0.328 e. The normalized spacial score (nSPS) is 12.6. The van der Waals surface area contributed by atoms with Gasteiger partial charge in [-0.05, 0) is 33.1 Å². The van der Waals surface area contributed by atoms with Crippen LogP contribution in [0.4, 0.5) is 0 Å². The Morgan fingerprint density at radius 1 is 1.05 bits per heavy atom. The Balaban J connectivity index is 0.00000173. The fourth-order valence-electron chi connectivity index (χ4n) is 3.49. The van der Waals surface area contributed by atoms with Crippen molar-refractivity contribution < 1.29 is 39.5 Å². The van der Waals surface area contributed by atoms with Crippen LogP contribution >= 0.6 is 0 Å². The maximum absolute atomic E-state index is 12.9. The van der Waals surface area contributed by atoms with Crippen LogP contribution in [0.15, 0.2) is 42.6 Å². The molecule has 0 aliphatic carbocycles. The summed E-state index contributed by atoms with van der Waals surface area (Å²) >= 11 is 0. The van der Waals surface area contributed by atoms with E-state index in [1.165, 1.54) is 31.9 Å². The average molecular weight is 563 g/mol. The van der Waals surface area contributed by atoms with E-state index in [1.807, 2.05) is 32.0 Å². The molecule has 1 heterocycles. The van der Waals surface area contributed by atoms with Crippen LogP contribution in [-0.2, 0) is 23.8 Å². The number of ether oxygens (including phenoxy) is 5. The molecule has 1 aromatic heterocycles. The van der Waals surface area contributed by atoms with E-state index in [2.05, 4.69) is 29.4 Å². The number of esters is 2. The third-order valence-corrected chi connectivity index (χ3v) is 5.63. The summed E-state index contributed by atoms with van der Waals surface area (Å²) in [6.07, 6.45) is 3.61. The summed E-state index contributed by atoms with van der Waals surface area (Å²) in [6, 6.07) is 10.9. The Morgan fingerprint density at radius 3 is 2.27 bits per heavy atom. The zero-order valence-electron chi connectivity index (χ0n) is 24.7. The second-order valence-corrected chi connectivity index (χ2v) is 9.06. The number of aryl methyl sites for hydroxylation is 1. The van der Waals surface area contributed by atoms with Crippen molar-refractivity contribution in [2.45, 2.75) is 85.5 Å². The predicted octanol–water partition coefficient (Wildman–Crippen LogP) is 5.27. The summed E-state index contributed by atoms with van der Waals surface area (Å²) in [5, 5.41) is 2.63. The van der Waals surface area contributed by atoms with Gasteiger partial charge < -0.3 is 29.0 Å². The van der Waals surface area contributed by atoms with E-state index in [-0.39, 0.29) is 30.8 Å². The van der Waals surface area contributed by atoms with Gasteiger partial charge in [0.15, 0.2) is 17.2 Å². The van der Waals surface area contributed by atoms with Crippen molar-refractivity contribution in [1.82, 2.24) is 10.3 Å². The van der Waals surface area contributed by atoms with Gasteiger partial charge in [0.25, 0.3) is 5.91 Å². The number of hydrogen-bond acceptors (Lipinski definition) is 9. The molecular formula is C30H46N2O8. The van der Waals surface area contributed by atoms with Crippen molar-refractivity contribution in [3.05, 3.63) is 53.9 Å². The van der Waals surface area contributed by atoms with Crippen molar-refractivity contribution >= 4 is 17.8 Å². The molecule has 0 bridgehead atoms. The Kier molecular flexibility index (Phi) is 16.7. The first-order valence-corrected chi connectivity index (χ1v) is 13.6. The monoisotopic (exact) mass is 562 g/mol. The molecule has 10 heteroatoms. The van der Waals surface area contributed by atoms with Gasteiger partial charge in [-0.1, -0.05) is 56.7 Å². The first kappa shape index (κ1) is 34.4. The van der Waals surface area contributed by atoms with Gasteiger partial charge >= 0.3 is 11.9 Å². The topological polar surface area (TPSA) is 122 Å². The zero-order valence-corrected chi connectivity index (χ0v) is 24.7. The highest BCUT2D eigenvalue weighted by molar-refractivity contribution is 5.98. The molecule has 10 nitrogen and oxygen atoms in total. The van der Waals surface area contributed by atoms with E-state index >= 15 is 0 Å². The van der Waals surface area contributed by atoms with Crippen LogP contribution in [0.2, 0.25) is 0 Å². The molecule has 0 spiro atoms. The highest BCUT2D eigenvalue weighted by Gasteiger charge is 2.27. The molecule has 0 radical (unpaired) electrons. The van der Waals surface area contributed by atoms with Gasteiger partial charge in [0.1, 0.15) is 12.1 Å². The molecule has 0 fully saturated rings. The molecule has 0 aliphatic heterocycles. The third kappa shape index (κ3) is 12.9. The van der Waals surface area contributed by atoms with E-state index in [9.17, 15) is 14.4 Å². The van der Waals surface area contributed by atoms with Crippen LogP contribution in [0.1, 0.15) is 77.8 Å². The highest BCUT2D eigenvalue weighted by atomic mass is 16.7. The van der Waals surface area contributed by atoms with Crippen molar-refractivity contribution in [3.63, 3.8) is 0 Å². The molecule has 1 amide bonds. The van der Waals surface area contributed by atoms with Gasteiger partial charge in [0.05, 0.1) is 13.2 Å². The summed E-state index contributed by atoms with van der Waals surface area (Å²) in [7, 11) is 1.40. The number of aromatic nitrogens is 1. The molecule has 0 saturated heterocycles. The lowest BCUT2D eigenvalue weighted by Gasteiger charge is -2.23. The lowest BCUT2D eigenvalue weighted by atomic mass is 10.1. The Bertz CT molecular complexity index is 1040. The maximum Gasteiger partial charge on any atom is 0.328 e. The van der Waals surface area contributed by atoms with E-state index in [1.54, 1.807) is 13.8 Å². The Morgan fingerprint density at radius 2 is 1.75 bits per heavy atom. The van der Waals surface area contributed by atoms with E-state index in [0.29, 0.717) is 19.4 Å². The van der Waals surface area contributed by atoms with Crippen LogP contribution in [0.25, 0.3) is 0 Å². The van der Waals surface area contributed by atoms with Crippen molar-refractivity contribution in [2.75, 3.05) is 20.5 Å². The molecule has 0 aliphatic rings. The Hall–Kier alpha value is -3.66. The number of amides is 1. The molecule has 40 heavy (non-hydrogen) atoms. The van der Waals surface area contributed by atoms with Crippen LogP contribution in [-0.4, -0.2) is 61.6 Å². The quantitative estimate of drug-likeness (QED) is 0.229. The summed E-state index contributed by atoms with van der Waals surface area (Å²) in [5.41, 5.74) is 1.21. The number of hydrogen-bond donors (Lipinski definition) is 1. The molecule has 1 N–H and O–H groups in total. The number of methoxy groups -OCH3 is 1. The minimum atomic E-state index is -0.883. The second kappa shape index (κ2) is 19.4. The molecule has 224 valence electrons. The largest absolute Gasteiger partial charge is 0.493 e. The van der Waals surface area contributed by atoms with Gasteiger partial charge in [0.2, 0.25) is 6.79 Å². The molecule has 2 aromatic rings. The van der Waals surface area contributed by atoms with Crippen LogP contribution in [0.3, 0.4) is 0 Å². The van der Waals surface area contributed by atoms with Gasteiger partial charge in [-0.2, -0.15) is 0 Å². The lowest BCUT2D eigenvalue weighted by molar-refractivity contribution is -0.152. The molecule has 2 rings (SSSR count). The molecule has 0 saturated carbocycles. The molecular weight excluding hydrogens is 516 g/mol. The van der Waals surface area contributed by atoms with Crippen molar-refractivity contribution in [1.29, 1.82) is 0 Å². The standard InChI is InChI=1S/C23H36N2O8.C7H8.H2/c1-7-12-30-17(8-2)13-15(4)33-23(28)18(9-3)25-22(27)20-21(32-14-31-16(5)26)19(29-6)10-11-24-20;1-7-5-3-2-4-6-7;/h10-11,15,17-18H,7-9,12-14H2,1-6H3,(H,25,27);2-6H,1H3;1H/t15-,17-,18-;;/m0../s1. The summed E-state index contributed by atoms with van der Waals surface area (Å²) in [5.74, 6) is -1.52. The predicted molar refractivity (Wildman–Crippen MR) is 153 cm³/mol. The van der Waals surface area contributed by atoms with Crippen LogP contribution in [0.5, 0.6) is 11.5 Å². The number of carbonyl (C=O) groups excluding carboxylic acids is 3. The van der Waals surface area contributed by atoms with Crippen molar-refractivity contribution in [3.8, 4) is 11.5 Å². The third-order valence-electron chi connectivity index (χ3n) is 5.63. The second-order valence-electron chi connectivity index (χ2n) is 9.06. The van der Waals surface area contributed by atoms with E-state index in [0.717, 1.165) is 12.8 Å². The SMILES string of the molecule is CCCO[C@@H](CC)C[C@H](C)OC(=O)[C@H](CC)NC(=O)c1nccc(OC)c1OCOC(C)=O.Cc1ccccc1.[HH].